The number of nitrogens with one attached hydrogen (secondary N) is 1. The third-order valence-corrected chi connectivity index (χ3v) is 4.75. The largest absolute Gasteiger partial charge is 0.493 e. The van der Waals surface area contributed by atoms with Gasteiger partial charge in [0.1, 0.15) is 11.4 Å². The highest BCUT2D eigenvalue weighted by Crippen LogP contribution is 2.37. The van der Waals surface area contributed by atoms with E-state index in [9.17, 15) is 22.8 Å². The van der Waals surface area contributed by atoms with E-state index in [-0.39, 0.29) is 29.9 Å². The van der Waals surface area contributed by atoms with E-state index in [1.54, 1.807) is 20.8 Å². The predicted octanol–water partition coefficient (Wildman–Crippen LogP) is 4.95. The minimum atomic E-state index is -4.60. The molecule has 0 saturated heterocycles. The molecule has 1 fully saturated rings. The Balaban J connectivity index is 1.93. The predicted molar refractivity (Wildman–Crippen MR) is 103 cm³/mol. The Morgan fingerprint density at radius 3 is 2.27 bits per heavy atom. The third-order valence-electron chi connectivity index (χ3n) is 4.75. The average molecular weight is 431 g/mol. The molecule has 0 bridgehead atoms. The number of methoxy groups -OCH3 is 1. The normalized spacial score (nSPS) is 19.7. The first-order valence-electron chi connectivity index (χ1n) is 9.81. The van der Waals surface area contributed by atoms with Crippen molar-refractivity contribution in [1.82, 2.24) is 5.32 Å². The molecule has 1 aromatic rings. The Hall–Kier alpha value is -2.45. The number of ether oxygens (including phenoxy) is 3. The van der Waals surface area contributed by atoms with Crippen molar-refractivity contribution in [3.63, 3.8) is 0 Å². The van der Waals surface area contributed by atoms with Gasteiger partial charge >= 0.3 is 18.2 Å². The summed E-state index contributed by atoms with van der Waals surface area (Å²) in [5, 5.41) is 2.82. The summed E-state index contributed by atoms with van der Waals surface area (Å²) in [6, 6.07) is 2.91. The number of amides is 1. The lowest BCUT2D eigenvalue weighted by molar-refractivity contribution is -0.139. The smallest absolute Gasteiger partial charge is 0.419 e. The highest BCUT2D eigenvalue weighted by Gasteiger charge is 2.35. The van der Waals surface area contributed by atoms with Crippen molar-refractivity contribution in [3.8, 4) is 5.75 Å². The molecule has 9 heteroatoms. The highest BCUT2D eigenvalue weighted by atomic mass is 19.4. The molecule has 0 aliphatic heterocycles. The van der Waals surface area contributed by atoms with Gasteiger partial charge < -0.3 is 19.5 Å². The zero-order valence-electron chi connectivity index (χ0n) is 17.6. The van der Waals surface area contributed by atoms with Crippen LogP contribution in [-0.2, 0) is 15.7 Å². The third kappa shape index (κ3) is 7.11. The number of hydrogen-bond donors (Lipinski definition) is 1. The lowest BCUT2D eigenvalue weighted by Crippen LogP contribution is -2.41. The molecule has 1 aromatic carbocycles. The summed E-state index contributed by atoms with van der Waals surface area (Å²) in [6.45, 7) is 5.44. The van der Waals surface area contributed by atoms with Gasteiger partial charge in [-0.25, -0.2) is 9.59 Å². The summed E-state index contributed by atoms with van der Waals surface area (Å²) in [5.74, 6) is -1.08. The van der Waals surface area contributed by atoms with Gasteiger partial charge in [-0.3, -0.25) is 0 Å². The molecular weight excluding hydrogens is 403 g/mol. The summed E-state index contributed by atoms with van der Waals surface area (Å²) >= 11 is 0. The van der Waals surface area contributed by atoms with Crippen LogP contribution in [-0.4, -0.2) is 37.4 Å². The van der Waals surface area contributed by atoms with Gasteiger partial charge in [-0.15, -0.1) is 0 Å². The quantitative estimate of drug-likeness (QED) is 0.668. The van der Waals surface area contributed by atoms with Crippen LogP contribution in [0.2, 0.25) is 0 Å². The van der Waals surface area contributed by atoms with Gasteiger partial charge in [-0.05, 0) is 70.6 Å². The molecule has 1 aliphatic rings. The van der Waals surface area contributed by atoms with Crippen LogP contribution in [0.25, 0.3) is 0 Å². The number of carbonyl (C=O) groups excluding carboxylic acids is 2. The highest BCUT2D eigenvalue weighted by molar-refractivity contribution is 5.90. The van der Waals surface area contributed by atoms with Crippen molar-refractivity contribution in [2.45, 2.75) is 64.3 Å². The second kappa shape index (κ2) is 9.57. The van der Waals surface area contributed by atoms with E-state index in [1.807, 2.05) is 0 Å². The SMILES string of the molecule is COC(=O)c1ccc(C(F)(F)F)c(OCC2CCC(NC(=O)OC(C)(C)C)CC2)c1. The Bertz CT molecular complexity index is 750. The number of esters is 1. The molecule has 0 spiro atoms. The Morgan fingerprint density at radius 2 is 1.73 bits per heavy atom. The van der Waals surface area contributed by atoms with Crippen molar-refractivity contribution >= 4 is 12.1 Å². The number of halogens is 3. The fourth-order valence-corrected chi connectivity index (χ4v) is 3.28. The van der Waals surface area contributed by atoms with Crippen LogP contribution in [0.15, 0.2) is 18.2 Å². The van der Waals surface area contributed by atoms with Crippen LogP contribution >= 0.6 is 0 Å². The van der Waals surface area contributed by atoms with Crippen molar-refractivity contribution in [2.75, 3.05) is 13.7 Å². The van der Waals surface area contributed by atoms with Crippen molar-refractivity contribution < 1.29 is 37.0 Å². The summed E-state index contributed by atoms with van der Waals surface area (Å²) in [7, 11) is 1.16. The van der Waals surface area contributed by atoms with E-state index in [1.165, 1.54) is 0 Å². The van der Waals surface area contributed by atoms with Gasteiger partial charge in [0.05, 0.1) is 24.8 Å². The standard InChI is InChI=1S/C21H28F3NO5/c1-20(2,3)30-19(27)25-15-8-5-13(6-9-15)12-29-17-11-14(18(26)28-4)7-10-16(17)21(22,23)24/h7,10-11,13,15H,5-6,8-9,12H2,1-4H3,(H,25,27). The number of benzene rings is 1. The second-order valence-corrected chi connectivity index (χ2v) is 8.38. The molecule has 1 amide bonds. The van der Waals surface area contributed by atoms with Gasteiger partial charge in [0.25, 0.3) is 0 Å². The molecule has 168 valence electrons. The summed E-state index contributed by atoms with van der Waals surface area (Å²) in [4.78, 5) is 23.5. The van der Waals surface area contributed by atoms with E-state index in [0.29, 0.717) is 25.7 Å². The zero-order chi connectivity index (χ0) is 22.5. The van der Waals surface area contributed by atoms with Crippen molar-refractivity contribution in [1.29, 1.82) is 0 Å². The molecule has 30 heavy (non-hydrogen) atoms. The number of rotatable bonds is 5. The molecule has 1 N–H and O–H groups in total. The lowest BCUT2D eigenvalue weighted by atomic mass is 9.86. The van der Waals surface area contributed by atoms with Crippen LogP contribution in [0.3, 0.4) is 0 Å². The molecule has 0 unspecified atom stereocenters. The second-order valence-electron chi connectivity index (χ2n) is 8.38. The number of alkyl halides is 3. The minimum Gasteiger partial charge on any atom is -0.493 e. The lowest BCUT2D eigenvalue weighted by Gasteiger charge is -2.30. The van der Waals surface area contributed by atoms with Gasteiger partial charge in [0, 0.05) is 6.04 Å². The number of carbonyl (C=O) groups is 2. The molecule has 6 nitrogen and oxygen atoms in total. The monoisotopic (exact) mass is 431 g/mol. The minimum absolute atomic E-state index is 0.00855. The topological polar surface area (TPSA) is 73.9 Å². The van der Waals surface area contributed by atoms with Crippen molar-refractivity contribution in [2.24, 2.45) is 5.92 Å². The first-order chi connectivity index (χ1) is 13.9. The van der Waals surface area contributed by atoms with Crippen LogP contribution in [0.5, 0.6) is 5.75 Å². The van der Waals surface area contributed by atoms with Gasteiger partial charge in [0.15, 0.2) is 0 Å². The Morgan fingerprint density at radius 1 is 1.10 bits per heavy atom. The summed E-state index contributed by atoms with van der Waals surface area (Å²) < 4.78 is 55.1. The van der Waals surface area contributed by atoms with Gasteiger partial charge in [-0.1, -0.05) is 0 Å². The average Bonchev–Trinajstić information content (AvgIpc) is 2.64. The molecule has 0 aromatic heterocycles. The Labute approximate surface area is 174 Å². The fourth-order valence-electron chi connectivity index (χ4n) is 3.28. The maximum atomic E-state index is 13.3. The van der Waals surface area contributed by atoms with Gasteiger partial charge in [-0.2, -0.15) is 13.2 Å². The van der Waals surface area contributed by atoms with Crippen LogP contribution in [0.1, 0.15) is 62.4 Å². The van der Waals surface area contributed by atoms with E-state index >= 15 is 0 Å². The van der Waals surface area contributed by atoms with E-state index < -0.39 is 29.4 Å². The van der Waals surface area contributed by atoms with Crippen LogP contribution < -0.4 is 10.1 Å². The molecule has 1 saturated carbocycles. The molecular formula is C21H28F3NO5. The van der Waals surface area contributed by atoms with E-state index in [2.05, 4.69) is 10.1 Å². The molecule has 0 heterocycles. The first-order valence-corrected chi connectivity index (χ1v) is 9.81. The first kappa shape index (κ1) is 23.8. The van der Waals surface area contributed by atoms with E-state index in [4.69, 9.17) is 9.47 Å². The Kier molecular flexibility index (Phi) is 7.60. The zero-order valence-corrected chi connectivity index (χ0v) is 17.6. The molecule has 1 aliphatic carbocycles. The van der Waals surface area contributed by atoms with Gasteiger partial charge in [0.2, 0.25) is 0 Å². The fraction of sp³-hybridized carbons (Fsp3) is 0.619. The molecule has 0 atom stereocenters. The van der Waals surface area contributed by atoms with E-state index in [0.717, 1.165) is 25.3 Å². The van der Waals surface area contributed by atoms with Crippen LogP contribution in [0.4, 0.5) is 18.0 Å². The van der Waals surface area contributed by atoms with Crippen molar-refractivity contribution in [3.05, 3.63) is 29.3 Å². The van der Waals surface area contributed by atoms with Crippen LogP contribution in [0, 0.1) is 5.92 Å². The maximum absolute atomic E-state index is 13.3. The number of hydrogen-bond acceptors (Lipinski definition) is 5. The molecule has 0 radical (unpaired) electrons. The summed E-state index contributed by atoms with van der Waals surface area (Å²) in [5.41, 5.74) is -1.52. The number of alkyl carbamates (subject to hydrolysis) is 1. The molecule has 2 rings (SSSR count). The maximum Gasteiger partial charge on any atom is 0.419 e. The summed E-state index contributed by atoms with van der Waals surface area (Å²) in [6.07, 6.45) is -2.32.